The van der Waals surface area contributed by atoms with Crippen LogP contribution in [0.3, 0.4) is 0 Å². The molecule has 0 aliphatic carbocycles. The molecule has 0 fully saturated rings. The number of aromatic nitrogens is 2. The molecule has 2 aromatic carbocycles. The normalized spacial score (nSPS) is 16.6. The zero-order valence-corrected chi connectivity index (χ0v) is 17.0. The Labute approximate surface area is 177 Å². The van der Waals surface area contributed by atoms with Crippen molar-refractivity contribution in [1.29, 1.82) is 0 Å². The molecule has 0 N–H and O–H groups in total. The van der Waals surface area contributed by atoms with Gasteiger partial charge in [-0.2, -0.15) is 18.3 Å². The van der Waals surface area contributed by atoms with Gasteiger partial charge in [-0.05, 0) is 37.6 Å². The molecule has 7 heteroatoms. The van der Waals surface area contributed by atoms with E-state index in [9.17, 15) is 18.0 Å². The summed E-state index contributed by atoms with van der Waals surface area (Å²) in [6.07, 6.45) is 0.0438. The monoisotopic (exact) mass is 423 g/mol. The van der Waals surface area contributed by atoms with Crippen molar-refractivity contribution in [3.63, 3.8) is 0 Å². The number of rotatable bonds is 4. The predicted octanol–water partition coefficient (Wildman–Crippen LogP) is 5.82. The highest BCUT2D eigenvalue weighted by molar-refractivity contribution is 6.51. The van der Waals surface area contributed by atoms with Gasteiger partial charge in [0.1, 0.15) is 5.71 Å². The minimum absolute atomic E-state index is 0.0399. The molecule has 3 aromatic rings. The van der Waals surface area contributed by atoms with Gasteiger partial charge in [-0.3, -0.25) is 14.5 Å². The summed E-state index contributed by atoms with van der Waals surface area (Å²) in [5.74, 6) is -0.302. The molecule has 0 radical (unpaired) electrons. The number of ketones is 1. The lowest BCUT2D eigenvalue weighted by molar-refractivity contribution is -0.137. The maximum atomic E-state index is 13.1. The maximum absolute atomic E-state index is 13.1. The van der Waals surface area contributed by atoms with Crippen molar-refractivity contribution in [1.82, 2.24) is 9.78 Å². The van der Waals surface area contributed by atoms with Crippen LogP contribution >= 0.6 is 0 Å². The minimum Gasteiger partial charge on any atom is -0.288 e. The largest absolute Gasteiger partial charge is 0.416 e. The van der Waals surface area contributed by atoms with Crippen LogP contribution in [-0.2, 0) is 11.0 Å². The number of nitrogens with zero attached hydrogens (tertiary/aromatic N) is 3. The molecule has 0 bridgehead atoms. The Bertz CT molecular complexity index is 1170. The minimum atomic E-state index is -4.45. The molecule has 1 atom stereocenters. The van der Waals surface area contributed by atoms with Crippen molar-refractivity contribution in [2.75, 3.05) is 0 Å². The SMILES string of the molecule is CC(C)n1ncc(C2=NC(c3cccc(C(F)(F)F)c3)C=CC2=O)c1-c1ccccc1. The van der Waals surface area contributed by atoms with Crippen molar-refractivity contribution in [2.45, 2.75) is 32.1 Å². The Balaban J connectivity index is 1.82. The first-order chi connectivity index (χ1) is 14.8. The van der Waals surface area contributed by atoms with E-state index < -0.39 is 17.8 Å². The summed E-state index contributed by atoms with van der Waals surface area (Å²) in [5.41, 5.74) is 2.00. The van der Waals surface area contributed by atoms with Crippen LogP contribution in [0, 0.1) is 0 Å². The molecule has 0 saturated heterocycles. The van der Waals surface area contributed by atoms with Gasteiger partial charge in [-0.1, -0.05) is 48.5 Å². The zero-order chi connectivity index (χ0) is 22.2. The van der Waals surface area contributed by atoms with Crippen molar-refractivity contribution < 1.29 is 18.0 Å². The molecule has 31 heavy (non-hydrogen) atoms. The van der Waals surface area contributed by atoms with Crippen LogP contribution in [0.2, 0.25) is 0 Å². The number of dihydropyridines is 1. The number of benzene rings is 2. The number of carbonyl (C=O) groups excluding carboxylic acids is 1. The highest BCUT2D eigenvalue weighted by Gasteiger charge is 2.31. The lowest BCUT2D eigenvalue weighted by Crippen LogP contribution is -2.19. The Morgan fingerprint density at radius 2 is 1.77 bits per heavy atom. The second-order valence-electron chi connectivity index (χ2n) is 7.58. The molecule has 1 aliphatic rings. The van der Waals surface area contributed by atoms with Gasteiger partial charge in [0.15, 0.2) is 0 Å². The van der Waals surface area contributed by atoms with Crippen molar-refractivity contribution >= 4 is 11.5 Å². The predicted molar refractivity (Wildman–Crippen MR) is 113 cm³/mol. The summed E-state index contributed by atoms with van der Waals surface area (Å²) in [6, 6.07) is 13.9. The summed E-state index contributed by atoms with van der Waals surface area (Å²) < 4.78 is 41.2. The van der Waals surface area contributed by atoms with Gasteiger partial charge in [0.2, 0.25) is 5.78 Å². The standard InChI is InChI=1S/C24H20F3N3O/c1-15(2)30-23(16-7-4-3-5-8-16)19(14-28-30)22-21(31)12-11-20(29-22)17-9-6-10-18(13-17)24(25,26)27/h3-15,20H,1-2H3. The van der Waals surface area contributed by atoms with E-state index in [1.54, 1.807) is 12.3 Å². The highest BCUT2D eigenvalue weighted by Crippen LogP contribution is 2.34. The number of halogens is 3. The second-order valence-corrected chi connectivity index (χ2v) is 7.58. The quantitative estimate of drug-likeness (QED) is 0.531. The fraction of sp³-hybridized carbons (Fsp3) is 0.208. The number of alkyl halides is 3. The second kappa shape index (κ2) is 7.98. The maximum Gasteiger partial charge on any atom is 0.416 e. The first kappa shape index (κ1) is 20.8. The molecule has 1 aromatic heterocycles. The van der Waals surface area contributed by atoms with Gasteiger partial charge in [-0.25, -0.2) is 0 Å². The van der Waals surface area contributed by atoms with Crippen molar-refractivity contribution in [3.8, 4) is 11.3 Å². The van der Waals surface area contributed by atoms with E-state index in [-0.39, 0.29) is 17.5 Å². The average molecular weight is 423 g/mol. The molecular formula is C24H20F3N3O. The van der Waals surface area contributed by atoms with Crippen molar-refractivity contribution in [3.05, 3.63) is 89.6 Å². The van der Waals surface area contributed by atoms with Gasteiger partial charge in [0.05, 0.1) is 23.5 Å². The third kappa shape index (κ3) is 4.08. The Morgan fingerprint density at radius 3 is 2.45 bits per heavy atom. The molecular weight excluding hydrogens is 403 g/mol. The molecule has 4 rings (SSSR count). The van der Waals surface area contributed by atoms with Crippen LogP contribution in [0.4, 0.5) is 13.2 Å². The van der Waals surface area contributed by atoms with Crippen molar-refractivity contribution in [2.24, 2.45) is 4.99 Å². The molecule has 4 nitrogen and oxygen atoms in total. The molecule has 1 unspecified atom stereocenters. The van der Waals surface area contributed by atoms with Crippen LogP contribution in [0.1, 0.15) is 42.6 Å². The van der Waals surface area contributed by atoms with Crippen LogP contribution in [0.25, 0.3) is 11.3 Å². The van der Waals surface area contributed by atoms with Gasteiger partial charge >= 0.3 is 6.18 Å². The van der Waals surface area contributed by atoms with Crippen LogP contribution in [-0.4, -0.2) is 21.3 Å². The van der Waals surface area contributed by atoms with E-state index >= 15 is 0 Å². The molecule has 0 amide bonds. The third-order valence-electron chi connectivity index (χ3n) is 5.07. The van der Waals surface area contributed by atoms with Crippen LogP contribution in [0.15, 0.2) is 77.9 Å². The molecule has 0 saturated carbocycles. The lowest BCUT2D eigenvalue weighted by Gasteiger charge is -2.18. The van der Waals surface area contributed by atoms with Gasteiger partial charge in [0, 0.05) is 17.2 Å². The van der Waals surface area contributed by atoms with E-state index in [2.05, 4.69) is 10.1 Å². The van der Waals surface area contributed by atoms with E-state index in [0.29, 0.717) is 11.1 Å². The fourth-order valence-electron chi connectivity index (χ4n) is 3.60. The number of hydrogen-bond acceptors (Lipinski definition) is 3. The number of hydrogen-bond donors (Lipinski definition) is 0. The number of carbonyl (C=O) groups is 1. The van der Waals surface area contributed by atoms with E-state index in [1.165, 1.54) is 18.2 Å². The Morgan fingerprint density at radius 1 is 1.03 bits per heavy atom. The van der Waals surface area contributed by atoms with Crippen LogP contribution < -0.4 is 0 Å². The third-order valence-corrected chi connectivity index (χ3v) is 5.07. The highest BCUT2D eigenvalue weighted by atomic mass is 19.4. The summed E-state index contributed by atoms with van der Waals surface area (Å²) >= 11 is 0. The number of aliphatic imine (C=N–C) groups is 1. The first-order valence-electron chi connectivity index (χ1n) is 9.86. The van der Waals surface area contributed by atoms with Gasteiger partial charge in [-0.15, -0.1) is 0 Å². The summed E-state index contributed by atoms with van der Waals surface area (Å²) in [4.78, 5) is 17.3. The van der Waals surface area contributed by atoms with Crippen LogP contribution in [0.5, 0.6) is 0 Å². The molecule has 158 valence electrons. The molecule has 0 spiro atoms. The van der Waals surface area contributed by atoms with E-state index in [1.807, 2.05) is 48.9 Å². The summed E-state index contributed by atoms with van der Waals surface area (Å²) in [5, 5.41) is 4.46. The average Bonchev–Trinajstić information content (AvgIpc) is 3.19. The van der Waals surface area contributed by atoms with E-state index in [0.717, 1.165) is 23.4 Å². The number of allylic oxidation sites excluding steroid dienone is 1. The summed E-state index contributed by atoms with van der Waals surface area (Å²) in [7, 11) is 0. The first-order valence-corrected chi connectivity index (χ1v) is 9.86. The summed E-state index contributed by atoms with van der Waals surface area (Å²) in [6.45, 7) is 3.97. The lowest BCUT2D eigenvalue weighted by atomic mass is 9.96. The topological polar surface area (TPSA) is 47.2 Å². The van der Waals surface area contributed by atoms with Gasteiger partial charge < -0.3 is 0 Å². The Hall–Kier alpha value is -3.48. The molecule has 1 aliphatic heterocycles. The van der Waals surface area contributed by atoms with E-state index in [4.69, 9.17) is 0 Å². The fourth-order valence-corrected chi connectivity index (χ4v) is 3.60. The zero-order valence-electron chi connectivity index (χ0n) is 17.0. The van der Waals surface area contributed by atoms with Gasteiger partial charge in [0.25, 0.3) is 0 Å². The molecule has 2 heterocycles. The Kier molecular flexibility index (Phi) is 5.35. The smallest absolute Gasteiger partial charge is 0.288 e.